The van der Waals surface area contributed by atoms with Crippen LogP contribution in [0.1, 0.15) is 12.8 Å². The van der Waals surface area contributed by atoms with E-state index in [0.29, 0.717) is 11.8 Å². The van der Waals surface area contributed by atoms with Gasteiger partial charge in [0.1, 0.15) is 0 Å². The first-order chi connectivity index (χ1) is 4.38. The molecule has 2 rings (SSSR count). The number of rotatable bonds is 0. The van der Waals surface area contributed by atoms with E-state index in [1.807, 2.05) is 0 Å². The summed E-state index contributed by atoms with van der Waals surface area (Å²) >= 11 is 0. The van der Waals surface area contributed by atoms with Crippen LogP contribution in [-0.2, 0) is 4.74 Å². The van der Waals surface area contributed by atoms with Gasteiger partial charge in [-0.3, -0.25) is 0 Å². The molecule has 0 aromatic heterocycles. The van der Waals surface area contributed by atoms with Gasteiger partial charge in [-0.15, -0.1) is 0 Å². The zero-order valence-electron chi connectivity index (χ0n) is 5.42. The average Bonchev–Trinajstić information content (AvgIpc) is 2.35. The largest absolute Gasteiger partial charge is 0.393 e. The number of fused-ring (bicyclic) bond motifs is 1. The third kappa shape index (κ3) is 0.775. The highest BCUT2D eigenvalue weighted by Gasteiger charge is 2.38. The minimum absolute atomic E-state index is 0.0579. The lowest BCUT2D eigenvalue weighted by Gasteiger charge is -2.08. The average molecular weight is 128 g/mol. The molecular weight excluding hydrogens is 116 g/mol. The molecule has 9 heavy (non-hydrogen) atoms. The van der Waals surface area contributed by atoms with Crippen molar-refractivity contribution >= 4 is 0 Å². The smallest absolute Gasteiger partial charge is 0.0594 e. The highest BCUT2D eigenvalue weighted by Crippen LogP contribution is 2.36. The fourth-order valence-corrected chi connectivity index (χ4v) is 1.94. The van der Waals surface area contributed by atoms with Gasteiger partial charge in [-0.25, -0.2) is 0 Å². The van der Waals surface area contributed by atoms with Gasteiger partial charge in [0.15, 0.2) is 0 Å². The van der Waals surface area contributed by atoms with E-state index in [1.165, 1.54) is 6.42 Å². The predicted molar refractivity (Wildman–Crippen MR) is 33.0 cm³/mol. The quantitative estimate of drug-likeness (QED) is 0.512. The summed E-state index contributed by atoms with van der Waals surface area (Å²) in [5, 5.41) is 9.32. The van der Waals surface area contributed by atoms with Crippen LogP contribution in [0.15, 0.2) is 0 Å². The molecule has 0 aromatic rings. The lowest BCUT2D eigenvalue weighted by atomic mass is 10.00. The fraction of sp³-hybridized carbons (Fsp3) is 1.00. The second-order valence-corrected chi connectivity index (χ2v) is 3.11. The summed E-state index contributed by atoms with van der Waals surface area (Å²) in [7, 11) is 0. The summed E-state index contributed by atoms with van der Waals surface area (Å²) < 4.78 is 5.22. The Morgan fingerprint density at radius 1 is 1.22 bits per heavy atom. The number of hydrogen-bond donors (Lipinski definition) is 1. The van der Waals surface area contributed by atoms with Gasteiger partial charge in [-0.2, -0.15) is 0 Å². The Bertz CT molecular complexity index is 113. The minimum Gasteiger partial charge on any atom is -0.393 e. The van der Waals surface area contributed by atoms with Crippen molar-refractivity contribution in [3.05, 3.63) is 0 Å². The van der Waals surface area contributed by atoms with Crippen molar-refractivity contribution < 1.29 is 9.84 Å². The van der Waals surface area contributed by atoms with E-state index >= 15 is 0 Å². The summed E-state index contributed by atoms with van der Waals surface area (Å²) in [6.45, 7) is 1.69. The van der Waals surface area contributed by atoms with Crippen LogP contribution < -0.4 is 0 Å². The van der Waals surface area contributed by atoms with Crippen molar-refractivity contribution in [3.63, 3.8) is 0 Å². The molecule has 2 aliphatic rings. The maximum atomic E-state index is 9.32. The molecule has 1 aliphatic heterocycles. The molecule has 0 aromatic carbocycles. The monoisotopic (exact) mass is 128 g/mol. The summed E-state index contributed by atoms with van der Waals surface area (Å²) in [4.78, 5) is 0. The van der Waals surface area contributed by atoms with Crippen molar-refractivity contribution in [1.82, 2.24) is 0 Å². The molecule has 0 radical (unpaired) electrons. The topological polar surface area (TPSA) is 29.5 Å². The molecule has 0 spiro atoms. The van der Waals surface area contributed by atoms with Crippen LogP contribution in [0.3, 0.4) is 0 Å². The maximum absolute atomic E-state index is 9.32. The Kier molecular flexibility index (Phi) is 1.24. The summed E-state index contributed by atoms with van der Waals surface area (Å²) in [6, 6.07) is 0. The van der Waals surface area contributed by atoms with E-state index in [2.05, 4.69) is 0 Å². The van der Waals surface area contributed by atoms with E-state index in [4.69, 9.17) is 4.74 Å². The highest BCUT2D eigenvalue weighted by atomic mass is 16.5. The van der Waals surface area contributed by atoms with Crippen molar-refractivity contribution in [2.75, 3.05) is 13.2 Å². The third-order valence-electron chi connectivity index (χ3n) is 2.58. The summed E-state index contributed by atoms with van der Waals surface area (Å²) in [5.41, 5.74) is 0. The molecule has 2 fully saturated rings. The lowest BCUT2D eigenvalue weighted by Crippen LogP contribution is -2.17. The molecule has 1 heterocycles. The molecule has 2 heteroatoms. The molecule has 3 atom stereocenters. The van der Waals surface area contributed by atoms with Crippen LogP contribution in [-0.4, -0.2) is 24.4 Å². The first-order valence-corrected chi connectivity index (χ1v) is 3.64. The second kappa shape index (κ2) is 1.96. The second-order valence-electron chi connectivity index (χ2n) is 3.11. The maximum Gasteiger partial charge on any atom is 0.0594 e. The normalized spacial score (nSPS) is 49.7. The molecule has 1 saturated carbocycles. The summed E-state index contributed by atoms with van der Waals surface area (Å²) in [5.74, 6) is 1.16. The lowest BCUT2D eigenvalue weighted by molar-refractivity contribution is 0.0996. The van der Waals surface area contributed by atoms with E-state index in [-0.39, 0.29) is 6.10 Å². The van der Waals surface area contributed by atoms with Gasteiger partial charge in [0.2, 0.25) is 0 Å². The van der Waals surface area contributed by atoms with Crippen molar-refractivity contribution in [2.24, 2.45) is 11.8 Å². The predicted octanol–water partition coefficient (Wildman–Crippen LogP) is 0.404. The molecule has 1 aliphatic carbocycles. The highest BCUT2D eigenvalue weighted by molar-refractivity contribution is 4.87. The van der Waals surface area contributed by atoms with Gasteiger partial charge < -0.3 is 9.84 Å². The van der Waals surface area contributed by atoms with E-state index < -0.39 is 0 Å². The van der Waals surface area contributed by atoms with Gasteiger partial charge in [0.05, 0.1) is 12.7 Å². The molecular formula is C7H12O2. The van der Waals surface area contributed by atoms with E-state index in [1.54, 1.807) is 0 Å². The van der Waals surface area contributed by atoms with Crippen LogP contribution >= 0.6 is 0 Å². The molecule has 2 nitrogen and oxygen atoms in total. The van der Waals surface area contributed by atoms with Gasteiger partial charge >= 0.3 is 0 Å². The molecule has 0 bridgehead atoms. The van der Waals surface area contributed by atoms with Gasteiger partial charge in [0.25, 0.3) is 0 Å². The van der Waals surface area contributed by atoms with Crippen molar-refractivity contribution in [1.29, 1.82) is 0 Å². The third-order valence-corrected chi connectivity index (χ3v) is 2.58. The first kappa shape index (κ1) is 5.69. The van der Waals surface area contributed by atoms with Gasteiger partial charge in [-0.05, 0) is 18.8 Å². The van der Waals surface area contributed by atoms with Gasteiger partial charge in [-0.1, -0.05) is 0 Å². The Labute approximate surface area is 54.8 Å². The van der Waals surface area contributed by atoms with E-state index in [9.17, 15) is 5.11 Å². The number of aliphatic hydroxyl groups is 1. The van der Waals surface area contributed by atoms with Crippen LogP contribution in [0.5, 0.6) is 0 Å². The standard InChI is InChI=1S/C7H12O2/c8-7-2-1-5-3-9-4-6(5)7/h5-8H,1-4H2/t5-,6+,7+/m1/s1. The Morgan fingerprint density at radius 2 is 2.11 bits per heavy atom. The SMILES string of the molecule is O[C@H]1CC[C@@H]2COC[C@@H]21. The number of hydrogen-bond acceptors (Lipinski definition) is 2. The van der Waals surface area contributed by atoms with E-state index in [0.717, 1.165) is 19.6 Å². The van der Waals surface area contributed by atoms with Crippen LogP contribution in [0, 0.1) is 11.8 Å². The van der Waals surface area contributed by atoms with Crippen LogP contribution in [0.25, 0.3) is 0 Å². The number of aliphatic hydroxyl groups excluding tert-OH is 1. The van der Waals surface area contributed by atoms with Crippen LogP contribution in [0.2, 0.25) is 0 Å². The van der Waals surface area contributed by atoms with Crippen LogP contribution in [0.4, 0.5) is 0 Å². The first-order valence-electron chi connectivity index (χ1n) is 3.64. The zero-order chi connectivity index (χ0) is 6.27. The molecule has 52 valence electrons. The Hall–Kier alpha value is -0.0800. The Balaban J connectivity index is 2.07. The Morgan fingerprint density at radius 3 is 2.89 bits per heavy atom. The summed E-state index contributed by atoms with van der Waals surface area (Å²) in [6.07, 6.45) is 2.11. The zero-order valence-corrected chi connectivity index (χ0v) is 5.42. The van der Waals surface area contributed by atoms with Crippen molar-refractivity contribution in [3.8, 4) is 0 Å². The number of ether oxygens (including phenoxy) is 1. The fourth-order valence-electron chi connectivity index (χ4n) is 1.94. The molecule has 0 amide bonds. The van der Waals surface area contributed by atoms with Crippen molar-refractivity contribution in [2.45, 2.75) is 18.9 Å². The minimum atomic E-state index is -0.0579. The molecule has 1 saturated heterocycles. The molecule has 1 N–H and O–H groups in total. The molecule has 0 unspecified atom stereocenters. The van der Waals surface area contributed by atoms with Gasteiger partial charge in [0, 0.05) is 12.5 Å².